The maximum absolute atomic E-state index is 13.4. The predicted molar refractivity (Wildman–Crippen MR) is 127 cm³/mol. The molecule has 0 aliphatic carbocycles. The number of hydrogen-bond donors (Lipinski definition) is 1. The van der Waals surface area contributed by atoms with Gasteiger partial charge in [-0.05, 0) is 55.0 Å². The molecule has 0 spiro atoms. The summed E-state index contributed by atoms with van der Waals surface area (Å²) < 4.78 is 6.26. The molecule has 0 atom stereocenters. The van der Waals surface area contributed by atoms with Crippen molar-refractivity contribution in [3.05, 3.63) is 92.4 Å². The van der Waals surface area contributed by atoms with Crippen molar-refractivity contribution in [2.45, 2.75) is 13.5 Å². The molecule has 0 saturated carbocycles. The van der Waals surface area contributed by atoms with E-state index < -0.39 is 0 Å². The summed E-state index contributed by atoms with van der Waals surface area (Å²) >= 11 is 4.68. The quantitative estimate of drug-likeness (QED) is 0.334. The van der Waals surface area contributed by atoms with Crippen LogP contribution < -0.4 is 5.32 Å². The summed E-state index contributed by atoms with van der Waals surface area (Å²) in [5, 5.41) is 3.71. The monoisotopic (exact) mass is 494 g/mol. The number of aryl methyl sites for hydroxylation is 1. The van der Waals surface area contributed by atoms with Gasteiger partial charge in [0, 0.05) is 33.8 Å². The zero-order chi connectivity index (χ0) is 22.0. The van der Waals surface area contributed by atoms with Gasteiger partial charge in [0.1, 0.15) is 9.71 Å². The molecule has 2 aromatic heterocycles. The average Bonchev–Trinajstić information content (AvgIpc) is 3.12. The maximum Gasteiger partial charge on any atom is 0.255 e. The Bertz CT molecular complexity index is 1270. The van der Waals surface area contributed by atoms with Crippen LogP contribution in [0.4, 0.5) is 5.69 Å². The van der Waals surface area contributed by atoms with Crippen molar-refractivity contribution in [1.29, 1.82) is 0 Å². The van der Waals surface area contributed by atoms with Gasteiger partial charge in [-0.3, -0.25) is 9.59 Å². The Balaban J connectivity index is 1.89. The summed E-state index contributed by atoms with van der Waals surface area (Å²) in [6.45, 7) is 2.24. The normalized spacial score (nSPS) is 10.9. The lowest BCUT2D eigenvalue weighted by Crippen LogP contribution is -2.14. The lowest BCUT2D eigenvalue weighted by atomic mass is 10.1. The summed E-state index contributed by atoms with van der Waals surface area (Å²) in [6, 6.07) is 18.0. The SMILES string of the molecule is COCc1cc(C)nc2sc(C(=O)c3ccc(Br)cc3)c(NC(=O)c3ccccc3)c12. The molecule has 0 aliphatic heterocycles. The predicted octanol–water partition coefficient (Wildman–Crippen LogP) is 6.00. The molecule has 0 bridgehead atoms. The van der Waals surface area contributed by atoms with Crippen LogP contribution in [0.25, 0.3) is 10.2 Å². The van der Waals surface area contributed by atoms with Gasteiger partial charge in [-0.15, -0.1) is 11.3 Å². The molecule has 0 fully saturated rings. The van der Waals surface area contributed by atoms with Gasteiger partial charge < -0.3 is 10.1 Å². The number of rotatable bonds is 6. The number of pyridine rings is 1. The van der Waals surface area contributed by atoms with Crippen LogP contribution in [-0.4, -0.2) is 23.8 Å². The molecule has 0 radical (unpaired) electrons. The number of nitrogens with zero attached hydrogens (tertiary/aromatic N) is 1. The lowest BCUT2D eigenvalue weighted by molar-refractivity contribution is 0.102. The van der Waals surface area contributed by atoms with Gasteiger partial charge in [0.25, 0.3) is 5.91 Å². The lowest BCUT2D eigenvalue weighted by Gasteiger charge is -2.10. The molecule has 1 N–H and O–H groups in total. The number of hydrogen-bond acceptors (Lipinski definition) is 5. The Kier molecular flexibility index (Phi) is 6.27. The second kappa shape index (κ2) is 9.09. The fourth-order valence-corrected chi connectivity index (χ4v) is 4.82. The Hall–Kier alpha value is -2.87. The number of anilines is 1. The average molecular weight is 495 g/mol. The molecule has 2 aromatic carbocycles. The summed E-state index contributed by atoms with van der Waals surface area (Å²) in [4.78, 5) is 32.1. The Labute approximate surface area is 192 Å². The molecule has 0 saturated heterocycles. The minimum Gasteiger partial charge on any atom is -0.380 e. The van der Waals surface area contributed by atoms with Crippen molar-refractivity contribution >= 4 is 54.9 Å². The van der Waals surface area contributed by atoms with Gasteiger partial charge in [-0.2, -0.15) is 0 Å². The minimum atomic E-state index is -0.283. The van der Waals surface area contributed by atoms with Gasteiger partial charge in [0.2, 0.25) is 5.78 Å². The highest BCUT2D eigenvalue weighted by atomic mass is 79.9. The zero-order valence-electron chi connectivity index (χ0n) is 16.9. The molecule has 0 aliphatic rings. The van der Waals surface area contributed by atoms with Gasteiger partial charge in [-0.25, -0.2) is 4.98 Å². The van der Waals surface area contributed by atoms with Crippen molar-refractivity contribution < 1.29 is 14.3 Å². The Morgan fingerprint density at radius 2 is 1.77 bits per heavy atom. The molecule has 156 valence electrons. The smallest absolute Gasteiger partial charge is 0.255 e. The van der Waals surface area contributed by atoms with Gasteiger partial charge >= 0.3 is 0 Å². The van der Waals surface area contributed by atoms with Gasteiger partial charge in [-0.1, -0.05) is 34.1 Å². The molecular formula is C24H19BrN2O3S. The third-order valence-electron chi connectivity index (χ3n) is 4.76. The fourth-order valence-electron chi connectivity index (χ4n) is 3.37. The first-order valence-electron chi connectivity index (χ1n) is 9.56. The Morgan fingerprint density at radius 1 is 1.06 bits per heavy atom. The Morgan fingerprint density at radius 3 is 2.45 bits per heavy atom. The summed E-state index contributed by atoms with van der Waals surface area (Å²) in [5.74, 6) is -0.450. The van der Waals surface area contributed by atoms with Crippen molar-refractivity contribution in [2.24, 2.45) is 0 Å². The zero-order valence-corrected chi connectivity index (χ0v) is 19.3. The number of benzene rings is 2. The minimum absolute atomic E-state index is 0.167. The standard InChI is InChI=1S/C24H19BrN2O3S/c1-14-12-17(13-30-2)19-20(27-23(29)16-6-4-3-5-7-16)22(31-24(19)26-14)21(28)15-8-10-18(25)11-9-15/h3-12H,13H2,1-2H3,(H,27,29). The number of amides is 1. The maximum atomic E-state index is 13.4. The highest BCUT2D eigenvalue weighted by Crippen LogP contribution is 2.39. The first-order chi connectivity index (χ1) is 15.0. The van der Waals surface area contributed by atoms with Crippen LogP contribution in [0.3, 0.4) is 0 Å². The number of fused-ring (bicyclic) bond motifs is 1. The van der Waals surface area contributed by atoms with Crippen LogP contribution in [0.1, 0.15) is 36.9 Å². The van der Waals surface area contributed by atoms with Crippen molar-refractivity contribution in [3.63, 3.8) is 0 Å². The number of ether oxygens (including phenoxy) is 1. The largest absolute Gasteiger partial charge is 0.380 e. The molecule has 5 nitrogen and oxygen atoms in total. The van der Waals surface area contributed by atoms with E-state index in [2.05, 4.69) is 26.2 Å². The molecule has 0 unspecified atom stereocenters. The van der Waals surface area contributed by atoms with Crippen LogP contribution in [0.2, 0.25) is 0 Å². The van der Waals surface area contributed by atoms with E-state index in [1.807, 2.05) is 31.2 Å². The van der Waals surface area contributed by atoms with E-state index in [0.29, 0.717) is 33.1 Å². The van der Waals surface area contributed by atoms with E-state index in [1.54, 1.807) is 43.5 Å². The third-order valence-corrected chi connectivity index (χ3v) is 6.37. The van der Waals surface area contributed by atoms with E-state index in [4.69, 9.17) is 4.74 Å². The molecule has 4 rings (SSSR count). The molecule has 4 aromatic rings. The van der Waals surface area contributed by atoms with Crippen LogP contribution in [0.15, 0.2) is 65.1 Å². The molecular weight excluding hydrogens is 476 g/mol. The highest BCUT2D eigenvalue weighted by Gasteiger charge is 2.24. The molecule has 2 heterocycles. The number of ketones is 1. The summed E-state index contributed by atoms with van der Waals surface area (Å²) in [7, 11) is 1.62. The van der Waals surface area contributed by atoms with Crippen LogP contribution >= 0.6 is 27.3 Å². The van der Waals surface area contributed by atoms with Crippen LogP contribution in [-0.2, 0) is 11.3 Å². The van der Waals surface area contributed by atoms with E-state index in [1.165, 1.54) is 11.3 Å². The molecule has 7 heteroatoms. The van der Waals surface area contributed by atoms with Gasteiger partial charge in [0.05, 0.1) is 12.3 Å². The number of thiophene rings is 1. The number of carbonyl (C=O) groups is 2. The number of aromatic nitrogens is 1. The second-order valence-electron chi connectivity index (χ2n) is 7.00. The number of carbonyl (C=O) groups excluding carboxylic acids is 2. The topological polar surface area (TPSA) is 68.3 Å². The first-order valence-corrected chi connectivity index (χ1v) is 11.2. The van der Waals surface area contributed by atoms with Gasteiger partial charge in [0.15, 0.2) is 0 Å². The summed E-state index contributed by atoms with van der Waals surface area (Å²) in [5.41, 5.74) is 3.22. The van der Waals surface area contributed by atoms with Crippen LogP contribution in [0, 0.1) is 6.92 Å². The fraction of sp³-hybridized carbons (Fsp3) is 0.125. The second-order valence-corrected chi connectivity index (χ2v) is 8.91. The number of nitrogens with one attached hydrogen (secondary N) is 1. The third kappa shape index (κ3) is 4.44. The molecule has 31 heavy (non-hydrogen) atoms. The van der Waals surface area contributed by atoms with E-state index in [-0.39, 0.29) is 11.7 Å². The first kappa shape index (κ1) is 21.4. The van der Waals surface area contributed by atoms with Crippen LogP contribution in [0.5, 0.6) is 0 Å². The number of methoxy groups -OCH3 is 1. The number of halogens is 1. The van der Waals surface area contributed by atoms with Crippen molar-refractivity contribution in [1.82, 2.24) is 4.98 Å². The highest BCUT2D eigenvalue weighted by molar-refractivity contribution is 9.10. The van der Waals surface area contributed by atoms with E-state index in [9.17, 15) is 9.59 Å². The van der Waals surface area contributed by atoms with Crippen molar-refractivity contribution in [3.8, 4) is 0 Å². The van der Waals surface area contributed by atoms with E-state index in [0.717, 1.165) is 21.1 Å². The summed E-state index contributed by atoms with van der Waals surface area (Å²) in [6.07, 6.45) is 0. The molecule has 1 amide bonds. The van der Waals surface area contributed by atoms with E-state index >= 15 is 0 Å². The van der Waals surface area contributed by atoms with Crippen molar-refractivity contribution in [2.75, 3.05) is 12.4 Å².